The summed E-state index contributed by atoms with van der Waals surface area (Å²) in [6, 6.07) is 2.86. The molecule has 2 aromatic heterocycles. The molecule has 3 heterocycles. The minimum absolute atomic E-state index is 0.0898. The third-order valence-corrected chi connectivity index (χ3v) is 6.06. The average molecular weight is 524 g/mol. The van der Waals surface area contributed by atoms with Gasteiger partial charge >= 0.3 is 6.18 Å². The van der Waals surface area contributed by atoms with Crippen molar-refractivity contribution in [1.82, 2.24) is 14.9 Å². The number of benzene rings is 1. The molecule has 0 aliphatic carbocycles. The van der Waals surface area contributed by atoms with Gasteiger partial charge in [-0.25, -0.2) is 13.8 Å². The summed E-state index contributed by atoms with van der Waals surface area (Å²) in [5.41, 5.74) is -2.17. The van der Waals surface area contributed by atoms with E-state index in [-0.39, 0.29) is 41.4 Å². The molecule has 1 aromatic carbocycles. The van der Waals surface area contributed by atoms with E-state index in [0.717, 1.165) is 22.9 Å². The van der Waals surface area contributed by atoms with E-state index in [0.29, 0.717) is 6.07 Å². The molecule has 0 saturated carbocycles. The maximum atomic E-state index is 14.8. The van der Waals surface area contributed by atoms with E-state index in [1.165, 1.54) is 31.1 Å². The Hall–Kier alpha value is -3.87. The lowest BCUT2D eigenvalue weighted by Gasteiger charge is -2.21. The maximum Gasteiger partial charge on any atom is 0.408 e. The summed E-state index contributed by atoms with van der Waals surface area (Å²) in [5, 5.41) is 1.56. The third kappa shape index (κ3) is 5.03. The Morgan fingerprint density at radius 2 is 1.95 bits per heavy atom. The van der Waals surface area contributed by atoms with Crippen molar-refractivity contribution in [3.8, 4) is 5.69 Å². The van der Waals surface area contributed by atoms with E-state index in [9.17, 15) is 36.3 Å². The molecular weight excluding hydrogens is 503 g/mol. The fraction of sp³-hybridized carbons (Fsp3) is 0.333. The van der Waals surface area contributed by atoms with Crippen LogP contribution in [0.15, 0.2) is 41.3 Å². The number of halogens is 5. The fourth-order valence-electron chi connectivity index (χ4n) is 4.07. The number of amides is 2. The lowest BCUT2D eigenvalue weighted by molar-refractivity contribution is -0.153. The van der Waals surface area contributed by atoms with Crippen LogP contribution in [0.5, 0.6) is 0 Å². The monoisotopic (exact) mass is 524 g/mol. The highest BCUT2D eigenvalue weighted by atomic mass is 19.4. The molecular formula is C24H21F5N4O4. The summed E-state index contributed by atoms with van der Waals surface area (Å²) >= 11 is 0. The van der Waals surface area contributed by atoms with Crippen LogP contribution in [0, 0.1) is 11.6 Å². The Morgan fingerprint density at radius 3 is 2.54 bits per heavy atom. The number of methoxy groups -OCH3 is 1. The van der Waals surface area contributed by atoms with Crippen molar-refractivity contribution >= 4 is 28.7 Å². The van der Waals surface area contributed by atoms with Gasteiger partial charge in [-0.3, -0.25) is 23.9 Å². The van der Waals surface area contributed by atoms with Crippen molar-refractivity contribution < 1.29 is 36.3 Å². The van der Waals surface area contributed by atoms with Gasteiger partial charge in [-0.1, -0.05) is 6.92 Å². The first-order valence-corrected chi connectivity index (χ1v) is 11.2. The zero-order chi connectivity index (χ0) is 27.1. The number of pyridine rings is 2. The van der Waals surface area contributed by atoms with Crippen molar-refractivity contribution in [3.05, 3.63) is 63.9 Å². The number of aromatic nitrogens is 2. The molecule has 0 radical (unpaired) electrons. The zero-order valence-corrected chi connectivity index (χ0v) is 19.6. The van der Waals surface area contributed by atoms with E-state index in [4.69, 9.17) is 4.74 Å². The van der Waals surface area contributed by atoms with E-state index in [1.54, 1.807) is 5.32 Å². The van der Waals surface area contributed by atoms with Gasteiger partial charge in [0.1, 0.15) is 29.1 Å². The van der Waals surface area contributed by atoms with Crippen molar-refractivity contribution in [1.29, 1.82) is 0 Å². The van der Waals surface area contributed by atoms with Crippen LogP contribution in [0.25, 0.3) is 16.7 Å². The first kappa shape index (κ1) is 26.2. The van der Waals surface area contributed by atoms with Crippen LogP contribution in [-0.2, 0) is 9.53 Å². The summed E-state index contributed by atoms with van der Waals surface area (Å²) in [6.45, 7) is 1.38. The standard InChI is InChI=1S/C24H21F5N4O4/c1-3-18(24(27,28)29)30-23(36)15-11-32(17-6-4-12(25)8-16(17)26)22-14(21(15)35)5-7-19(31-22)33-10-13(37-2)9-20(33)34/h4-8,11,13,18H,3,9-10H2,1-2H3,(H,30,36)/t13-,18+/m0/s1. The van der Waals surface area contributed by atoms with Crippen molar-refractivity contribution in [3.63, 3.8) is 0 Å². The molecule has 1 aliphatic heterocycles. The number of nitrogens with one attached hydrogen (secondary N) is 1. The van der Waals surface area contributed by atoms with Gasteiger partial charge in [0.05, 0.1) is 30.1 Å². The van der Waals surface area contributed by atoms with Crippen molar-refractivity contribution in [2.75, 3.05) is 18.6 Å². The topological polar surface area (TPSA) is 93.5 Å². The first-order chi connectivity index (χ1) is 17.4. The molecule has 13 heteroatoms. The Labute approximate surface area is 206 Å². The largest absolute Gasteiger partial charge is 0.408 e. The molecule has 196 valence electrons. The normalized spacial score (nSPS) is 16.9. The first-order valence-electron chi connectivity index (χ1n) is 11.2. The lowest BCUT2D eigenvalue weighted by atomic mass is 10.1. The number of carbonyl (C=O) groups is 2. The predicted octanol–water partition coefficient (Wildman–Crippen LogP) is 3.49. The second-order valence-electron chi connectivity index (χ2n) is 8.42. The number of ether oxygens (including phenoxy) is 1. The number of carbonyl (C=O) groups excluding carboxylic acids is 2. The summed E-state index contributed by atoms with van der Waals surface area (Å²) in [5.74, 6) is -3.51. The van der Waals surface area contributed by atoms with Gasteiger partial charge in [0, 0.05) is 19.4 Å². The van der Waals surface area contributed by atoms with Crippen LogP contribution in [0.1, 0.15) is 30.1 Å². The predicted molar refractivity (Wildman–Crippen MR) is 123 cm³/mol. The Balaban J connectivity index is 1.91. The number of fused-ring (bicyclic) bond motifs is 1. The van der Waals surface area contributed by atoms with Crippen molar-refractivity contribution in [2.24, 2.45) is 0 Å². The van der Waals surface area contributed by atoms with Crippen LogP contribution < -0.4 is 15.6 Å². The smallest absolute Gasteiger partial charge is 0.379 e. The highest BCUT2D eigenvalue weighted by Crippen LogP contribution is 2.26. The van der Waals surface area contributed by atoms with Gasteiger partial charge in [-0.2, -0.15) is 13.2 Å². The van der Waals surface area contributed by atoms with Crippen LogP contribution in [0.4, 0.5) is 27.8 Å². The summed E-state index contributed by atoms with van der Waals surface area (Å²) in [4.78, 5) is 44.0. The second kappa shape index (κ2) is 9.88. The van der Waals surface area contributed by atoms with E-state index < -0.39 is 53.3 Å². The maximum absolute atomic E-state index is 14.8. The van der Waals surface area contributed by atoms with E-state index in [1.807, 2.05) is 0 Å². The van der Waals surface area contributed by atoms with E-state index in [2.05, 4.69) is 4.98 Å². The SMILES string of the molecule is CC[C@@H](NC(=O)c1cn(-c2ccc(F)cc2F)c2nc(N3C[C@@H](OC)CC3=O)ccc2c1=O)C(F)(F)F. The van der Waals surface area contributed by atoms with Crippen molar-refractivity contribution in [2.45, 2.75) is 38.1 Å². The summed E-state index contributed by atoms with van der Waals surface area (Å²) < 4.78 is 74.2. The van der Waals surface area contributed by atoms with Crippen LogP contribution >= 0.6 is 0 Å². The molecule has 1 aliphatic rings. The zero-order valence-electron chi connectivity index (χ0n) is 19.6. The molecule has 4 rings (SSSR count). The molecule has 0 unspecified atom stereocenters. The minimum atomic E-state index is -4.76. The van der Waals surface area contributed by atoms with Gasteiger partial charge < -0.3 is 10.1 Å². The van der Waals surface area contributed by atoms with Gasteiger partial charge in [0.25, 0.3) is 5.91 Å². The summed E-state index contributed by atoms with van der Waals surface area (Å²) in [6.07, 6.45) is -4.71. The molecule has 3 aromatic rings. The Kier molecular flexibility index (Phi) is 7.00. The molecule has 2 amide bonds. The Bertz CT molecular complexity index is 1440. The van der Waals surface area contributed by atoms with Gasteiger partial charge in [-0.05, 0) is 30.7 Å². The minimum Gasteiger partial charge on any atom is -0.379 e. The molecule has 1 fully saturated rings. The third-order valence-electron chi connectivity index (χ3n) is 6.06. The van der Waals surface area contributed by atoms with Crippen LogP contribution in [-0.4, -0.2) is 53.3 Å². The van der Waals surface area contributed by atoms with E-state index >= 15 is 0 Å². The molecule has 2 atom stereocenters. The number of anilines is 1. The fourth-order valence-corrected chi connectivity index (χ4v) is 4.07. The molecule has 37 heavy (non-hydrogen) atoms. The highest BCUT2D eigenvalue weighted by Gasteiger charge is 2.40. The molecule has 8 nitrogen and oxygen atoms in total. The number of hydrogen-bond donors (Lipinski definition) is 1. The number of hydrogen-bond acceptors (Lipinski definition) is 5. The number of alkyl halides is 3. The summed E-state index contributed by atoms with van der Waals surface area (Å²) in [7, 11) is 1.44. The quantitative estimate of drug-likeness (QED) is 0.499. The number of rotatable bonds is 6. The second-order valence-corrected chi connectivity index (χ2v) is 8.42. The molecule has 1 N–H and O–H groups in total. The van der Waals surface area contributed by atoms with Gasteiger partial charge in [0.2, 0.25) is 11.3 Å². The van der Waals surface area contributed by atoms with Gasteiger partial charge in [-0.15, -0.1) is 0 Å². The van der Waals surface area contributed by atoms with Crippen LogP contribution in [0.2, 0.25) is 0 Å². The number of nitrogens with zero attached hydrogens (tertiary/aromatic N) is 3. The molecule has 0 bridgehead atoms. The van der Waals surface area contributed by atoms with Gasteiger partial charge in [0.15, 0.2) is 5.65 Å². The molecule has 1 saturated heterocycles. The molecule has 0 spiro atoms. The Morgan fingerprint density at radius 1 is 1.22 bits per heavy atom. The lowest BCUT2D eigenvalue weighted by Crippen LogP contribution is -2.46. The van der Waals surface area contributed by atoms with Crippen LogP contribution in [0.3, 0.4) is 0 Å². The average Bonchev–Trinajstić information content (AvgIpc) is 3.23. The highest BCUT2D eigenvalue weighted by molar-refractivity contribution is 5.99.